The Balaban J connectivity index is 2.81. The molecular weight excluding hydrogens is 218 g/mol. The van der Waals surface area contributed by atoms with E-state index in [2.05, 4.69) is 4.98 Å². The van der Waals surface area contributed by atoms with Crippen LogP contribution < -0.4 is 0 Å². The van der Waals surface area contributed by atoms with E-state index >= 15 is 0 Å². The molecule has 0 aliphatic carbocycles. The zero-order chi connectivity index (χ0) is 11.1. The van der Waals surface area contributed by atoms with Crippen LogP contribution in [0.5, 0.6) is 5.75 Å². The van der Waals surface area contributed by atoms with Crippen molar-refractivity contribution in [3.05, 3.63) is 30.3 Å². The van der Waals surface area contributed by atoms with Gasteiger partial charge in [-0.2, -0.15) is 0 Å². The van der Waals surface area contributed by atoms with E-state index in [0.717, 1.165) is 6.07 Å². The van der Waals surface area contributed by atoms with E-state index in [0.29, 0.717) is 5.39 Å². The summed E-state index contributed by atoms with van der Waals surface area (Å²) >= 11 is 0. The van der Waals surface area contributed by atoms with Gasteiger partial charge in [-0.25, -0.2) is 13.4 Å². The van der Waals surface area contributed by atoms with Gasteiger partial charge in [-0.3, -0.25) is 0 Å². The number of phenolic OH excluding ortho intramolecular Hbond substituents is 1. The van der Waals surface area contributed by atoms with E-state index in [1.54, 1.807) is 12.1 Å². The van der Waals surface area contributed by atoms with Crippen LogP contribution in [-0.4, -0.2) is 23.1 Å². The van der Waals surface area contributed by atoms with Gasteiger partial charge < -0.3 is 9.66 Å². The van der Waals surface area contributed by atoms with Crippen LogP contribution in [0.4, 0.5) is 0 Å². The Morgan fingerprint density at radius 3 is 2.60 bits per heavy atom. The number of hydrogen-bond acceptors (Lipinski definition) is 5. The van der Waals surface area contributed by atoms with Crippen molar-refractivity contribution in [2.45, 2.75) is 5.03 Å². The second-order valence-electron chi connectivity index (χ2n) is 2.95. The molecule has 0 amide bonds. The number of aromatic nitrogens is 1. The van der Waals surface area contributed by atoms with Gasteiger partial charge in [0.2, 0.25) is 0 Å². The Morgan fingerprint density at radius 2 is 1.93 bits per heavy atom. The summed E-state index contributed by atoms with van der Waals surface area (Å²) in [6.45, 7) is 0. The van der Waals surface area contributed by atoms with Crippen LogP contribution in [0.1, 0.15) is 0 Å². The first-order chi connectivity index (χ1) is 6.98. The van der Waals surface area contributed by atoms with Gasteiger partial charge in [-0.05, 0) is 18.2 Å². The van der Waals surface area contributed by atoms with Crippen LogP contribution in [-0.2, 0) is 10.1 Å². The molecule has 0 spiro atoms. The molecule has 0 unspecified atom stereocenters. The fourth-order valence-electron chi connectivity index (χ4n) is 1.25. The van der Waals surface area contributed by atoms with Crippen LogP contribution in [0.25, 0.3) is 10.9 Å². The predicted molar refractivity (Wildman–Crippen MR) is 51.4 cm³/mol. The number of nitrogens with zero attached hydrogens (tertiary/aromatic N) is 1. The van der Waals surface area contributed by atoms with Crippen LogP contribution in [0.2, 0.25) is 0 Å². The summed E-state index contributed by atoms with van der Waals surface area (Å²) in [7, 11) is -4.58. The molecule has 78 valence electrons. The highest BCUT2D eigenvalue weighted by molar-refractivity contribution is 7.85. The van der Waals surface area contributed by atoms with E-state index in [-0.39, 0.29) is 11.3 Å². The number of rotatable bonds is 1. The topological polar surface area (TPSA) is 90.3 Å². The van der Waals surface area contributed by atoms with Crippen LogP contribution in [0, 0.1) is 0 Å². The number of benzene rings is 1. The lowest BCUT2D eigenvalue weighted by atomic mass is 10.2. The zero-order valence-corrected chi connectivity index (χ0v) is 8.23. The quantitative estimate of drug-likeness (QED) is 0.725. The molecule has 0 saturated heterocycles. The molecule has 1 aromatic heterocycles. The van der Waals surface area contributed by atoms with Crippen molar-refractivity contribution in [1.82, 2.24) is 4.98 Å². The molecule has 5 nitrogen and oxygen atoms in total. The van der Waals surface area contributed by atoms with E-state index in [9.17, 15) is 18.1 Å². The van der Waals surface area contributed by atoms with Crippen LogP contribution >= 0.6 is 0 Å². The summed E-state index contributed by atoms with van der Waals surface area (Å²) in [6, 6.07) is 7.17. The van der Waals surface area contributed by atoms with E-state index < -0.39 is 15.1 Å². The average molecular weight is 224 g/mol. The summed E-state index contributed by atoms with van der Waals surface area (Å²) in [4.78, 5) is 3.60. The Bertz CT molecular complexity index is 621. The minimum absolute atomic E-state index is 0.106. The number of para-hydroxylation sites is 1. The standard InChI is InChI=1S/C9H7NO4S/c11-7-3-1-2-6-4-5-8(10-9(6)7)15(12,13)14/h1-5,11H,(H,12,13,14)/p-1. The maximum Gasteiger partial charge on any atom is 0.143 e. The highest BCUT2D eigenvalue weighted by Crippen LogP contribution is 2.23. The Hall–Kier alpha value is -1.66. The molecule has 2 aromatic rings. The molecule has 15 heavy (non-hydrogen) atoms. The highest BCUT2D eigenvalue weighted by Gasteiger charge is 2.06. The lowest BCUT2D eigenvalue weighted by Gasteiger charge is -2.07. The number of phenols is 1. The Morgan fingerprint density at radius 1 is 1.20 bits per heavy atom. The van der Waals surface area contributed by atoms with Crippen molar-refractivity contribution < 1.29 is 18.1 Å². The summed E-state index contributed by atoms with van der Waals surface area (Å²) in [6.07, 6.45) is 0. The van der Waals surface area contributed by atoms with Gasteiger partial charge >= 0.3 is 0 Å². The second-order valence-corrected chi connectivity index (χ2v) is 4.28. The molecule has 0 radical (unpaired) electrons. The van der Waals surface area contributed by atoms with Gasteiger partial charge in [0.15, 0.2) is 0 Å². The van der Waals surface area contributed by atoms with Gasteiger partial charge in [0, 0.05) is 5.39 Å². The summed E-state index contributed by atoms with van der Waals surface area (Å²) in [5, 5.41) is 9.39. The summed E-state index contributed by atoms with van der Waals surface area (Å²) < 4.78 is 32.1. The number of fused-ring (bicyclic) bond motifs is 1. The number of aromatic hydroxyl groups is 1. The van der Waals surface area contributed by atoms with E-state index in [4.69, 9.17) is 0 Å². The highest BCUT2D eigenvalue weighted by atomic mass is 32.2. The molecule has 1 heterocycles. The molecule has 1 aromatic carbocycles. The first-order valence-electron chi connectivity index (χ1n) is 4.03. The Kier molecular flexibility index (Phi) is 2.09. The van der Waals surface area contributed by atoms with Gasteiger partial charge in [0.1, 0.15) is 26.4 Å². The fourth-order valence-corrected chi connectivity index (χ4v) is 1.69. The number of hydrogen-bond donors (Lipinski definition) is 1. The third-order valence-electron chi connectivity index (χ3n) is 1.93. The zero-order valence-electron chi connectivity index (χ0n) is 7.41. The molecule has 0 saturated carbocycles. The smallest absolute Gasteiger partial charge is 0.143 e. The molecule has 0 bridgehead atoms. The maximum absolute atomic E-state index is 10.7. The third kappa shape index (κ3) is 1.77. The monoisotopic (exact) mass is 224 g/mol. The lowest BCUT2D eigenvalue weighted by Crippen LogP contribution is -2.01. The van der Waals surface area contributed by atoms with Gasteiger partial charge in [0.05, 0.1) is 0 Å². The minimum Gasteiger partial charge on any atom is -0.743 e. The fraction of sp³-hybridized carbons (Fsp3) is 0. The van der Waals surface area contributed by atoms with Gasteiger partial charge in [-0.1, -0.05) is 12.1 Å². The number of pyridine rings is 1. The first-order valence-corrected chi connectivity index (χ1v) is 5.44. The van der Waals surface area contributed by atoms with Gasteiger partial charge in [0.25, 0.3) is 0 Å². The molecule has 0 aliphatic rings. The average Bonchev–Trinajstić information content (AvgIpc) is 2.16. The van der Waals surface area contributed by atoms with Crippen LogP contribution in [0.3, 0.4) is 0 Å². The van der Waals surface area contributed by atoms with Crippen molar-refractivity contribution >= 4 is 21.0 Å². The predicted octanol–water partition coefficient (Wildman–Crippen LogP) is 0.845. The summed E-state index contributed by atoms with van der Waals surface area (Å²) in [5.41, 5.74) is 0.106. The van der Waals surface area contributed by atoms with Crippen molar-refractivity contribution in [1.29, 1.82) is 0 Å². The molecule has 0 atom stereocenters. The third-order valence-corrected chi connectivity index (χ3v) is 2.67. The minimum atomic E-state index is -4.58. The second kappa shape index (κ2) is 3.18. The summed E-state index contributed by atoms with van der Waals surface area (Å²) in [5.74, 6) is -0.155. The molecule has 6 heteroatoms. The lowest BCUT2D eigenvalue weighted by molar-refractivity contribution is 0.459. The first kappa shape index (κ1) is 9.88. The largest absolute Gasteiger partial charge is 0.743 e. The van der Waals surface area contributed by atoms with Gasteiger partial charge in [-0.15, -0.1) is 0 Å². The van der Waals surface area contributed by atoms with E-state index in [1.165, 1.54) is 12.1 Å². The van der Waals surface area contributed by atoms with Crippen LogP contribution in [0.15, 0.2) is 35.4 Å². The molecule has 1 N–H and O–H groups in total. The van der Waals surface area contributed by atoms with Crippen molar-refractivity contribution in [2.75, 3.05) is 0 Å². The van der Waals surface area contributed by atoms with E-state index in [1.807, 2.05) is 0 Å². The van der Waals surface area contributed by atoms with Crippen molar-refractivity contribution in [3.8, 4) is 5.75 Å². The van der Waals surface area contributed by atoms with Crippen molar-refractivity contribution in [2.24, 2.45) is 0 Å². The maximum atomic E-state index is 10.7. The molecule has 2 rings (SSSR count). The molecular formula is C9H6NO4S-. The normalized spacial score (nSPS) is 11.8. The Labute approximate surface area is 85.8 Å². The molecule has 0 fully saturated rings. The van der Waals surface area contributed by atoms with Crippen molar-refractivity contribution in [3.63, 3.8) is 0 Å². The molecule has 0 aliphatic heterocycles. The SMILES string of the molecule is O=S(=O)([O-])c1ccc2cccc(O)c2n1.